The zero-order valence-electron chi connectivity index (χ0n) is 9.78. The maximum absolute atomic E-state index is 6.10. The molecule has 0 bridgehead atoms. The molecule has 2 N–H and O–H groups in total. The zero-order chi connectivity index (χ0) is 10.7. The highest BCUT2D eigenvalue weighted by atomic mass is 15.3. The van der Waals surface area contributed by atoms with E-state index in [1.165, 1.54) is 38.5 Å². The smallest absolute Gasteiger partial charge is 0.191 e. The average molecular weight is 209 g/mol. The highest BCUT2D eigenvalue weighted by molar-refractivity contribution is 5.79. The van der Waals surface area contributed by atoms with Gasteiger partial charge in [0, 0.05) is 12.6 Å². The van der Waals surface area contributed by atoms with E-state index >= 15 is 0 Å². The lowest BCUT2D eigenvalue weighted by Gasteiger charge is -2.23. The summed E-state index contributed by atoms with van der Waals surface area (Å²) in [7, 11) is 0. The minimum Gasteiger partial charge on any atom is -0.370 e. The molecule has 3 heteroatoms. The summed E-state index contributed by atoms with van der Waals surface area (Å²) in [5.41, 5.74) is 6.10. The minimum absolute atomic E-state index is 0.517. The lowest BCUT2D eigenvalue weighted by molar-refractivity contribution is 0.400. The van der Waals surface area contributed by atoms with Crippen molar-refractivity contribution in [2.75, 3.05) is 6.54 Å². The van der Waals surface area contributed by atoms with E-state index in [0.717, 1.165) is 18.9 Å². The van der Waals surface area contributed by atoms with Crippen LogP contribution < -0.4 is 5.73 Å². The van der Waals surface area contributed by atoms with Crippen molar-refractivity contribution in [1.29, 1.82) is 0 Å². The Morgan fingerprint density at radius 1 is 1.27 bits per heavy atom. The van der Waals surface area contributed by atoms with Crippen LogP contribution in [0.15, 0.2) is 4.99 Å². The highest BCUT2D eigenvalue weighted by Crippen LogP contribution is 2.27. The Hall–Kier alpha value is -0.730. The standard InChI is InChI=1S/C12H23N3/c1-2-9-15(11-7-8-11)12(13)14-10-5-3-4-6-10/h10-11H,2-9H2,1H3,(H2,13,14). The molecule has 0 unspecified atom stereocenters. The van der Waals surface area contributed by atoms with Crippen molar-refractivity contribution >= 4 is 5.96 Å². The number of hydrogen-bond acceptors (Lipinski definition) is 1. The summed E-state index contributed by atoms with van der Waals surface area (Å²) in [6.45, 7) is 3.28. The van der Waals surface area contributed by atoms with Gasteiger partial charge in [0.2, 0.25) is 0 Å². The summed E-state index contributed by atoms with van der Waals surface area (Å²) >= 11 is 0. The summed E-state index contributed by atoms with van der Waals surface area (Å²) in [5.74, 6) is 0.811. The molecular weight excluding hydrogens is 186 g/mol. The molecule has 0 aromatic rings. The van der Waals surface area contributed by atoms with Gasteiger partial charge in [-0.1, -0.05) is 19.8 Å². The highest BCUT2D eigenvalue weighted by Gasteiger charge is 2.30. The molecule has 2 rings (SSSR count). The van der Waals surface area contributed by atoms with E-state index in [2.05, 4.69) is 16.8 Å². The van der Waals surface area contributed by atoms with Crippen LogP contribution in [-0.4, -0.2) is 29.5 Å². The third kappa shape index (κ3) is 2.86. The zero-order valence-corrected chi connectivity index (χ0v) is 9.78. The normalized spacial score (nSPS) is 23.4. The summed E-state index contributed by atoms with van der Waals surface area (Å²) in [6, 6.07) is 1.22. The molecule has 0 aromatic heterocycles. The number of hydrogen-bond donors (Lipinski definition) is 1. The van der Waals surface area contributed by atoms with E-state index in [1.807, 2.05) is 0 Å². The van der Waals surface area contributed by atoms with E-state index < -0.39 is 0 Å². The molecule has 15 heavy (non-hydrogen) atoms. The van der Waals surface area contributed by atoms with Crippen molar-refractivity contribution in [2.24, 2.45) is 10.7 Å². The summed E-state index contributed by atoms with van der Waals surface area (Å²) in [6.07, 6.45) is 8.92. The first kappa shape index (κ1) is 10.8. The van der Waals surface area contributed by atoms with Crippen LogP contribution in [0.25, 0.3) is 0 Å². The van der Waals surface area contributed by atoms with E-state index in [1.54, 1.807) is 0 Å². The number of rotatable bonds is 4. The van der Waals surface area contributed by atoms with E-state index in [9.17, 15) is 0 Å². The molecule has 0 aliphatic heterocycles. The van der Waals surface area contributed by atoms with Gasteiger partial charge in [0.15, 0.2) is 5.96 Å². The van der Waals surface area contributed by atoms with E-state index in [4.69, 9.17) is 5.73 Å². The molecule has 0 radical (unpaired) electrons. The molecule has 0 atom stereocenters. The van der Waals surface area contributed by atoms with Crippen molar-refractivity contribution in [3.05, 3.63) is 0 Å². The Morgan fingerprint density at radius 3 is 2.47 bits per heavy atom. The predicted octanol–water partition coefficient (Wildman–Crippen LogP) is 2.12. The fourth-order valence-electron chi connectivity index (χ4n) is 2.41. The maximum atomic E-state index is 6.10. The van der Waals surface area contributed by atoms with Crippen molar-refractivity contribution in [3.63, 3.8) is 0 Å². The van der Waals surface area contributed by atoms with E-state index in [0.29, 0.717) is 12.1 Å². The van der Waals surface area contributed by atoms with Gasteiger partial charge in [0.05, 0.1) is 6.04 Å². The molecular formula is C12H23N3. The Labute approximate surface area is 92.7 Å². The number of guanidine groups is 1. The third-order valence-corrected chi connectivity index (χ3v) is 3.39. The molecule has 0 spiro atoms. The van der Waals surface area contributed by atoms with Gasteiger partial charge < -0.3 is 10.6 Å². The first-order valence-electron chi connectivity index (χ1n) is 6.41. The largest absolute Gasteiger partial charge is 0.370 e. The second-order valence-corrected chi connectivity index (χ2v) is 4.85. The molecule has 2 saturated carbocycles. The van der Waals surface area contributed by atoms with Crippen molar-refractivity contribution < 1.29 is 0 Å². The second-order valence-electron chi connectivity index (χ2n) is 4.85. The Morgan fingerprint density at radius 2 is 1.93 bits per heavy atom. The van der Waals surface area contributed by atoms with E-state index in [-0.39, 0.29) is 0 Å². The van der Waals surface area contributed by atoms with Gasteiger partial charge in [-0.15, -0.1) is 0 Å². The molecule has 2 aliphatic carbocycles. The molecule has 86 valence electrons. The monoisotopic (exact) mass is 209 g/mol. The number of aliphatic imine (C=N–C) groups is 1. The van der Waals surface area contributed by atoms with Crippen LogP contribution in [0, 0.1) is 0 Å². The van der Waals surface area contributed by atoms with Crippen molar-refractivity contribution in [1.82, 2.24) is 4.90 Å². The molecule has 0 amide bonds. The molecule has 0 aromatic carbocycles. The van der Waals surface area contributed by atoms with Crippen LogP contribution in [0.2, 0.25) is 0 Å². The molecule has 0 saturated heterocycles. The van der Waals surface area contributed by atoms with Crippen LogP contribution in [0.3, 0.4) is 0 Å². The van der Waals surface area contributed by atoms with Gasteiger partial charge in [-0.05, 0) is 32.1 Å². The number of nitrogens with two attached hydrogens (primary N) is 1. The van der Waals surface area contributed by atoms with Gasteiger partial charge >= 0.3 is 0 Å². The van der Waals surface area contributed by atoms with Crippen LogP contribution in [0.1, 0.15) is 51.9 Å². The fraction of sp³-hybridized carbons (Fsp3) is 0.917. The fourth-order valence-corrected chi connectivity index (χ4v) is 2.41. The average Bonchev–Trinajstić information content (AvgIpc) is 2.93. The first-order valence-corrected chi connectivity index (χ1v) is 6.41. The molecule has 2 aliphatic rings. The Kier molecular flexibility index (Phi) is 3.49. The third-order valence-electron chi connectivity index (χ3n) is 3.39. The SMILES string of the molecule is CCCN(C(N)=NC1CCCC1)C1CC1. The van der Waals surface area contributed by atoms with Crippen LogP contribution in [0.4, 0.5) is 0 Å². The lowest BCUT2D eigenvalue weighted by Crippen LogP contribution is -2.40. The Bertz CT molecular complexity index is 227. The molecule has 3 nitrogen and oxygen atoms in total. The van der Waals surface area contributed by atoms with Gasteiger partial charge in [0.1, 0.15) is 0 Å². The van der Waals surface area contributed by atoms with Crippen molar-refractivity contribution in [2.45, 2.75) is 64.0 Å². The van der Waals surface area contributed by atoms with Gasteiger partial charge in [-0.2, -0.15) is 0 Å². The lowest BCUT2D eigenvalue weighted by atomic mass is 10.3. The predicted molar refractivity (Wildman–Crippen MR) is 63.9 cm³/mol. The Balaban J connectivity index is 1.92. The summed E-state index contributed by atoms with van der Waals surface area (Å²) in [4.78, 5) is 6.99. The van der Waals surface area contributed by atoms with Crippen LogP contribution in [-0.2, 0) is 0 Å². The maximum Gasteiger partial charge on any atom is 0.191 e. The van der Waals surface area contributed by atoms with Gasteiger partial charge in [0.25, 0.3) is 0 Å². The molecule has 0 heterocycles. The van der Waals surface area contributed by atoms with Crippen LogP contribution in [0.5, 0.6) is 0 Å². The van der Waals surface area contributed by atoms with Crippen LogP contribution >= 0.6 is 0 Å². The quantitative estimate of drug-likeness (QED) is 0.569. The summed E-state index contributed by atoms with van der Waals surface area (Å²) in [5, 5.41) is 0. The van der Waals surface area contributed by atoms with Gasteiger partial charge in [-0.3, -0.25) is 0 Å². The minimum atomic E-state index is 0.517. The first-order chi connectivity index (χ1) is 7.31. The van der Waals surface area contributed by atoms with Crippen molar-refractivity contribution in [3.8, 4) is 0 Å². The number of nitrogens with zero attached hydrogens (tertiary/aromatic N) is 2. The summed E-state index contributed by atoms with van der Waals surface area (Å²) < 4.78 is 0. The molecule has 2 fully saturated rings. The van der Waals surface area contributed by atoms with Gasteiger partial charge in [-0.25, -0.2) is 4.99 Å². The second kappa shape index (κ2) is 4.86. The topological polar surface area (TPSA) is 41.6 Å².